The zero-order valence-electron chi connectivity index (χ0n) is 14.9. The van der Waals surface area contributed by atoms with Gasteiger partial charge in [-0.2, -0.15) is 0 Å². The molecule has 140 valence electrons. The fraction of sp³-hybridized carbons (Fsp3) is 0.765. The Bertz CT molecular complexity index is 587. The number of aliphatic hydroxyl groups excluding tert-OH is 1. The average molecular weight is 353 g/mol. The van der Waals surface area contributed by atoms with E-state index in [0.717, 1.165) is 0 Å². The summed E-state index contributed by atoms with van der Waals surface area (Å²) >= 11 is 0. The number of hydrogen-bond donors (Lipinski definition) is 3. The van der Waals surface area contributed by atoms with Crippen molar-refractivity contribution >= 4 is 23.5 Å². The Balaban J connectivity index is 2.03. The Hall–Kier alpha value is -1.80. The average Bonchev–Trinajstić information content (AvgIpc) is 3.09. The summed E-state index contributed by atoms with van der Waals surface area (Å²) in [5.74, 6) is -2.06. The number of likely N-dealkylation sites (tertiary alicyclic amines) is 1. The molecule has 2 fully saturated rings. The molecule has 1 aliphatic carbocycles. The quantitative estimate of drug-likeness (QED) is 0.575. The largest absolute Gasteiger partial charge is 0.391 e. The van der Waals surface area contributed by atoms with Gasteiger partial charge in [0, 0.05) is 19.4 Å². The maximum atomic E-state index is 12.5. The molecule has 2 aliphatic rings. The van der Waals surface area contributed by atoms with Crippen LogP contribution < -0.4 is 11.1 Å². The monoisotopic (exact) mass is 353 g/mol. The van der Waals surface area contributed by atoms with Crippen molar-refractivity contribution in [1.29, 1.82) is 0 Å². The molecule has 2 rings (SSSR count). The van der Waals surface area contributed by atoms with Crippen LogP contribution in [-0.4, -0.2) is 58.2 Å². The van der Waals surface area contributed by atoms with Crippen LogP contribution in [0, 0.1) is 11.3 Å². The van der Waals surface area contributed by atoms with E-state index in [1.807, 2.05) is 13.8 Å². The number of nitrogens with zero attached hydrogens (tertiary/aromatic N) is 1. The number of imide groups is 1. The third kappa shape index (κ3) is 4.07. The number of carbonyl (C=O) groups is 4. The predicted octanol–water partition coefficient (Wildman–Crippen LogP) is -0.666. The molecule has 4 atom stereocenters. The summed E-state index contributed by atoms with van der Waals surface area (Å²) in [6.45, 7) is 5.44. The summed E-state index contributed by atoms with van der Waals surface area (Å²) in [6, 6.07) is -1.88. The van der Waals surface area contributed by atoms with E-state index in [9.17, 15) is 24.3 Å². The number of rotatable bonds is 4. The van der Waals surface area contributed by atoms with Gasteiger partial charge in [0.05, 0.1) is 12.0 Å². The maximum absolute atomic E-state index is 12.5. The van der Waals surface area contributed by atoms with Gasteiger partial charge in [0.1, 0.15) is 17.9 Å². The molecule has 1 aliphatic heterocycles. The van der Waals surface area contributed by atoms with Crippen LogP contribution in [0.3, 0.4) is 0 Å². The van der Waals surface area contributed by atoms with Crippen LogP contribution in [0.5, 0.6) is 0 Å². The molecule has 25 heavy (non-hydrogen) atoms. The molecule has 3 amide bonds. The van der Waals surface area contributed by atoms with Gasteiger partial charge in [-0.05, 0) is 25.2 Å². The third-order valence-electron chi connectivity index (χ3n) is 5.23. The third-order valence-corrected chi connectivity index (χ3v) is 5.23. The van der Waals surface area contributed by atoms with Crippen LogP contribution in [0.15, 0.2) is 0 Å². The van der Waals surface area contributed by atoms with E-state index in [2.05, 4.69) is 5.32 Å². The molecule has 8 nitrogen and oxygen atoms in total. The molecule has 1 saturated carbocycles. The normalized spacial score (nSPS) is 27.9. The molecule has 0 bridgehead atoms. The van der Waals surface area contributed by atoms with Gasteiger partial charge in [-0.15, -0.1) is 0 Å². The zero-order chi connectivity index (χ0) is 18.9. The van der Waals surface area contributed by atoms with Gasteiger partial charge in [0.2, 0.25) is 17.7 Å². The van der Waals surface area contributed by atoms with Crippen molar-refractivity contribution in [1.82, 2.24) is 10.2 Å². The second-order valence-electron chi connectivity index (χ2n) is 7.77. The highest BCUT2D eigenvalue weighted by molar-refractivity contribution is 6.03. The minimum absolute atomic E-state index is 0.0122. The SMILES string of the molecule is C[C@@H](O)[C@H](N)C(=O)N1CCC[C@H]1C(=O)NC(=O)C1CC(=O)CC1(C)C. The number of aliphatic hydroxyl groups is 1. The van der Waals surface area contributed by atoms with Crippen LogP contribution in [0.4, 0.5) is 0 Å². The first kappa shape index (κ1) is 19.5. The van der Waals surface area contributed by atoms with Crippen molar-refractivity contribution in [2.24, 2.45) is 17.1 Å². The molecule has 0 aromatic rings. The molecular weight excluding hydrogens is 326 g/mol. The highest BCUT2D eigenvalue weighted by atomic mass is 16.3. The number of nitrogens with one attached hydrogen (secondary N) is 1. The van der Waals surface area contributed by atoms with Gasteiger partial charge in [-0.25, -0.2) is 0 Å². The van der Waals surface area contributed by atoms with Crippen molar-refractivity contribution in [3.8, 4) is 0 Å². The lowest BCUT2D eigenvalue weighted by Crippen LogP contribution is -2.55. The highest BCUT2D eigenvalue weighted by Gasteiger charge is 2.45. The van der Waals surface area contributed by atoms with E-state index >= 15 is 0 Å². The number of nitrogens with two attached hydrogens (primary N) is 1. The lowest BCUT2D eigenvalue weighted by atomic mass is 9.81. The van der Waals surface area contributed by atoms with Gasteiger partial charge >= 0.3 is 0 Å². The highest BCUT2D eigenvalue weighted by Crippen LogP contribution is 2.40. The smallest absolute Gasteiger partial charge is 0.249 e. The Morgan fingerprint density at radius 2 is 1.96 bits per heavy atom. The predicted molar refractivity (Wildman–Crippen MR) is 89.1 cm³/mol. The molecule has 1 unspecified atom stereocenters. The molecule has 0 radical (unpaired) electrons. The van der Waals surface area contributed by atoms with Gasteiger partial charge in [0.25, 0.3) is 0 Å². The standard InChI is InChI=1S/C17H27N3O5/c1-9(21)13(18)16(25)20-6-4-5-12(20)15(24)19-14(23)11-7-10(22)8-17(11,2)3/h9,11-13,21H,4-8,18H2,1-3H3,(H,19,23,24)/t9-,11?,12+,13+/m1/s1. The fourth-order valence-electron chi connectivity index (χ4n) is 3.65. The first-order valence-corrected chi connectivity index (χ1v) is 8.65. The Labute approximate surface area is 147 Å². The molecule has 0 aromatic carbocycles. The first-order valence-electron chi connectivity index (χ1n) is 8.65. The van der Waals surface area contributed by atoms with E-state index in [4.69, 9.17) is 5.73 Å². The number of amides is 3. The Kier molecular flexibility index (Phi) is 5.63. The van der Waals surface area contributed by atoms with Crippen LogP contribution >= 0.6 is 0 Å². The van der Waals surface area contributed by atoms with Crippen LogP contribution in [0.2, 0.25) is 0 Å². The molecule has 1 saturated heterocycles. The summed E-state index contributed by atoms with van der Waals surface area (Å²) in [4.78, 5) is 50.2. The number of carbonyl (C=O) groups excluding carboxylic acids is 4. The number of hydrogen-bond acceptors (Lipinski definition) is 6. The van der Waals surface area contributed by atoms with E-state index in [1.54, 1.807) is 0 Å². The summed E-state index contributed by atoms with van der Waals surface area (Å²) in [7, 11) is 0. The van der Waals surface area contributed by atoms with Gasteiger partial charge < -0.3 is 15.7 Å². The second-order valence-corrected chi connectivity index (χ2v) is 7.77. The van der Waals surface area contributed by atoms with E-state index in [1.165, 1.54) is 11.8 Å². The van der Waals surface area contributed by atoms with Crippen LogP contribution in [0.1, 0.15) is 46.5 Å². The topological polar surface area (TPSA) is 130 Å². The van der Waals surface area contributed by atoms with Crippen molar-refractivity contribution < 1.29 is 24.3 Å². The Morgan fingerprint density at radius 3 is 2.48 bits per heavy atom. The number of ketones is 1. The van der Waals surface area contributed by atoms with Crippen molar-refractivity contribution in [2.75, 3.05) is 6.54 Å². The van der Waals surface area contributed by atoms with Crippen molar-refractivity contribution in [3.05, 3.63) is 0 Å². The lowest BCUT2D eigenvalue weighted by Gasteiger charge is -2.29. The molecule has 4 N–H and O–H groups in total. The van der Waals surface area contributed by atoms with Crippen molar-refractivity contribution in [3.63, 3.8) is 0 Å². The second kappa shape index (κ2) is 7.21. The van der Waals surface area contributed by atoms with Gasteiger partial charge in [0.15, 0.2) is 0 Å². The molecule has 0 spiro atoms. The molecule has 1 heterocycles. The van der Waals surface area contributed by atoms with Crippen molar-refractivity contribution in [2.45, 2.75) is 64.6 Å². The van der Waals surface area contributed by atoms with E-state index in [0.29, 0.717) is 25.8 Å². The summed E-state index contributed by atoms with van der Waals surface area (Å²) in [6.07, 6.45) is 0.481. The fourth-order valence-corrected chi connectivity index (χ4v) is 3.65. The van der Waals surface area contributed by atoms with Crippen LogP contribution in [-0.2, 0) is 19.2 Å². The maximum Gasteiger partial charge on any atom is 0.249 e. The molecule has 0 aromatic heterocycles. The van der Waals surface area contributed by atoms with Gasteiger partial charge in [-0.1, -0.05) is 13.8 Å². The zero-order valence-corrected chi connectivity index (χ0v) is 14.9. The first-order chi connectivity index (χ1) is 11.5. The van der Waals surface area contributed by atoms with E-state index < -0.39 is 47.2 Å². The van der Waals surface area contributed by atoms with Crippen LogP contribution in [0.25, 0.3) is 0 Å². The van der Waals surface area contributed by atoms with E-state index in [-0.39, 0.29) is 12.2 Å². The summed E-state index contributed by atoms with van der Waals surface area (Å²) < 4.78 is 0. The van der Waals surface area contributed by atoms with Gasteiger partial charge in [-0.3, -0.25) is 24.5 Å². The Morgan fingerprint density at radius 1 is 1.32 bits per heavy atom. The minimum Gasteiger partial charge on any atom is -0.391 e. The summed E-state index contributed by atoms with van der Waals surface area (Å²) in [5, 5.41) is 11.9. The lowest BCUT2D eigenvalue weighted by molar-refractivity contribution is -0.144. The summed E-state index contributed by atoms with van der Waals surface area (Å²) in [5.41, 5.74) is 5.19. The number of Topliss-reactive ketones (excluding diaryl/α,β-unsaturated/α-hetero) is 1. The molecule has 8 heteroatoms. The minimum atomic E-state index is -1.10. The molecular formula is C17H27N3O5.